The molecule has 0 saturated carbocycles. The second-order valence-corrected chi connectivity index (χ2v) is 6.26. The summed E-state index contributed by atoms with van der Waals surface area (Å²) in [7, 11) is 0. The predicted octanol–water partition coefficient (Wildman–Crippen LogP) is 4.53. The van der Waals surface area contributed by atoms with E-state index in [0.717, 1.165) is 28.3 Å². The largest absolute Gasteiger partial charge is 0.456 e. The minimum atomic E-state index is -0.391. The van der Waals surface area contributed by atoms with Gasteiger partial charge in [0.15, 0.2) is 0 Å². The van der Waals surface area contributed by atoms with Crippen molar-refractivity contribution in [3.63, 3.8) is 0 Å². The Balaban J connectivity index is 2.01. The third kappa shape index (κ3) is 3.91. The van der Waals surface area contributed by atoms with Crippen LogP contribution in [0.4, 0.5) is 0 Å². The molecule has 4 heteroatoms. The standard InChI is InChI=1S/C22H22N2O2/c1-16(2)22(25)26-15-20-17(3)23-21(19-12-8-5-9-13-19)24(20)14-18-10-6-4-7-11-18/h4-13H,1,14-15H2,2-3H3. The van der Waals surface area contributed by atoms with Crippen molar-refractivity contribution in [2.45, 2.75) is 27.0 Å². The Morgan fingerprint density at radius 3 is 2.31 bits per heavy atom. The van der Waals surface area contributed by atoms with Gasteiger partial charge in [0, 0.05) is 17.7 Å². The second kappa shape index (κ2) is 7.83. The van der Waals surface area contributed by atoms with E-state index in [4.69, 9.17) is 9.72 Å². The van der Waals surface area contributed by atoms with Gasteiger partial charge < -0.3 is 9.30 Å². The number of esters is 1. The number of nitrogens with zero attached hydrogens (tertiary/aromatic N) is 2. The van der Waals surface area contributed by atoms with Crippen molar-refractivity contribution >= 4 is 5.97 Å². The molecule has 0 fully saturated rings. The number of carbonyl (C=O) groups excluding carboxylic acids is 1. The van der Waals surface area contributed by atoms with Crippen molar-refractivity contribution in [3.8, 4) is 11.4 Å². The van der Waals surface area contributed by atoms with Crippen molar-refractivity contribution < 1.29 is 9.53 Å². The lowest BCUT2D eigenvalue weighted by Gasteiger charge is -2.13. The highest BCUT2D eigenvalue weighted by atomic mass is 16.5. The Hall–Kier alpha value is -3.14. The van der Waals surface area contributed by atoms with Crippen LogP contribution < -0.4 is 0 Å². The van der Waals surface area contributed by atoms with E-state index in [1.54, 1.807) is 6.92 Å². The van der Waals surface area contributed by atoms with Crippen molar-refractivity contribution in [1.82, 2.24) is 9.55 Å². The zero-order valence-electron chi connectivity index (χ0n) is 15.1. The van der Waals surface area contributed by atoms with Gasteiger partial charge in [0.25, 0.3) is 0 Å². The minimum absolute atomic E-state index is 0.171. The molecule has 0 aliphatic rings. The monoisotopic (exact) mass is 346 g/mol. The molecule has 26 heavy (non-hydrogen) atoms. The molecule has 0 unspecified atom stereocenters. The molecule has 0 bridgehead atoms. The molecule has 0 atom stereocenters. The summed E-state index contributed by atoms with van der Waals surface area (Å²) in [5, 5.41) is 0. The first-order chi connectivity index (χ1) is 12.6. The molecular weight excluding hydrogens is 324 g/mol. The predicted molar refractivity (Wildman–Crippen MR) is 103 cm³/mol. The third-order valence-electron chi connectivity index (χ3n) is 4.18. The summed E-state index contributed by atoms with van der Waals surface area (Å²) < 4.78 is 7.52. The first-order valence-corrected chi connectivity index (χ1v) is 8.54. The van der Waals surface area contributed by atoms with Gasteiger partial charge in [0.05, 0.1) is 11.4 Å². The summed E-state index contributed by atoms with van der Waals surface area (Å²) in [5.74, 6) is 0.478. The highest BCUT2D eigenvalue weighted by molar-refractivity contribution is 5.86. The minimum Gasteiger partial charge on any atom is -0.456 e. The van der Waals surface area contributed by atoms with Crippen LogP contribution in [0.5, 0.6) is 0 Å². The Morgan fingerprint density at radius 2 is 1.69 bits per heavy atom. The number of hydrogen-bond donors (Lipinski definition) is 0. The van der Waals surface area contributed by atoms with E-state index in [0.29, 0.717) is 12.1 Å². The van der Waals surface area contributed by atoms with Crippen LogP contribution in [0.2, 0.25) is 0 Å². The van der Waals surface area contributed by atoms with Crippen LogP contribution in [-0.2, 0) is 22.7 Å². The first kappa shape index (κ1) is 17.7. The van der Waals surface area contributed by atoms with Crippen LogP contribution in [0, 0.1) is 6.92 Å². The highest BCUT2D eigenvalue weighted by Gasteiger charge is 2.17. The quantitative estimate of drug-likeness (QED) is 0.487. The molecule has 0 amide bonds. The molecule has 0 radical (unpaired) electrons. The highest BCUT2D eigenvalue weighted by Crippen LogP contribution is 2.24. The molecule has 0 saturated heterocycles. The van der Waals surface area contributed by atoms with E-state index < -0.39 is 5.97 Å². The Labute approximate surface area is 153 Å². The van der Waals surface area contributed by atoms with Crippen molar-refractivity contribution in [1.29, 1.82) is 0 Å². The number of carbonyl (C=O) groups is 1. The maximum Gasteiger partial charge on any atom is 0.333 e. The van der Waals surface area contributed by atoms with E-state index >= 15 is 0 Å². The van der Waals surface area contributed by atoms with Crippen LogP contribution in [0.25, 0.3) is 11.4 Å². The van der Waals surface area contributed by atoms with E-state index in [-0.39, 0.29) is 6.61 Å². The number of benzene rings is 2. The zero-order valence-corrected chi connectivity index (χ0v) is 15.1. The fourth-order valence-electron chi connectivity index (χ4n) is 2.79. The van der Waals surface area contributed by atoms with E-state index in [1.165, 1.54) is 0 Å². The number of aromatic nitrogens is 2. The number of imidazole rings is 1. The first-order valence-electron chi connectivity index (χ1n) is 8.54. The van der Waals surface area contributed by atoms with Gasteiger partial charge in [-0.3, -0.25) is 0 Å². The molecule has 0 aliphatic carbocycles. The fourth-order valence-corrected chi connectivity index (χ4v) is 2.79. The van der Waals surface area contributed by atoms with E-state index in [9.17, 15) is 4.79 Å². The Morgan fingerprint density at radius 1 is 1.08 bits per heavy atom. The summed E-state index contributed by atoms with van der Waals surface area (Å²) in [6.07, 6.45) is 0. The average Bonchev–Trinajstić information content (AvgIpc) is 2.96. The lowest BCUT2D eigenvalue weighted by atomic mass is 10.2. The molecular formula is C22H22N2O2. The second-order valence-electron chi connectivity index (χ2n) is 6.26. The van der Waals surface area contributed by atoms with Gasteiger partial charge in [0.1, 0.15) is 12.4 Å². The molecule has 132 valence electrons. The van der Waals surface area contributed by atoms with E-state index in [2.05, 4.69) is 23.3 Å². The Bertz CT molecular complexity index is 912. The average molecular weight is 346 g/mol. The SMILES string of the molecule is C=C(C)C(=O)OCc1c(C)nc(-c2ccccc2)n1Cc1ccccc1. The van der Waals surface area contributed by atoms with Gasteiger partial charge in [-0.1, -0.05) is 67.2 Å². The van der Waals surface area contributed by atoms with Crippen LogP contribution in [0.1, 0.15) is 23.9 Å². The number of ether oxygens (including phenoxy) is 1. The van der Waals surface area contributed by atoms with Gasteiger partial charge >= 0.3 is 5.97 Å². The molecule has 3 aromatic rings. The molecule has 1 heterocycles. The van der Waals surface area contributed by atoms with Crippen LogP contribution >= 0.6 is 0 Å². The maximum atomic E-state index is 11.8. The molecule has 0 N–H and O–H groups in total. The summed E-state index contributed by atoms with van der Waals surface area (Å²) in [5.41, 5.74) is 4.33. The van der Waals surface area contributed by atoms with Crippen molar-refractivity contribution in [3.05, 3.63) is 89.8 Å². The maximum absolute atomic E-state index is 11.8. The lowest BCUT2D eigenvalue weighted by Crippen LogP contribution is -2.11. The summed E-state index contributed by atoms with van der Waals surface area (Å²) in [6, 6.07) is 20.2. The van der Waals surface area contributed by atoms with Crippen molar-refractivity contribution in [2.24, 2.45) is 0 Å². The van der Waals surface area contributed by atoms with Gasteiger partial charge in [-0.15, -0.1) is 0 Å². The Kier molecular flexibility index (Phi) is 5.32. The lowest BCUT2D eigenvalue weighted by molar-refractivity contribution is -0.140. The molecule has 0 spiro atoms. The van der Waals surface area contributed by atoms with Crippen molar-refractivity contribution in [2.75, 3.05) is 0 Å². The summed E-state index contributed by atoms with van der Waals surface area (Å²) in [6.45, 7) is 8.05. The van der Waals surface area contributed by atoms with Gasteiger partial charge in [-0.25, -0.2) is 9.78 Å². The summed E-state index contributed by atoms with van der Waals surface area (Å²) >= 11 is 0. The topological polar surface area (TPSA) is 44.1 Å². The van der Waals surface area contributed by atoms with Crippen LogP contribution in [-0.4, -0.2) is 15.5 Å². The molecule has 2 aromatic carbocycles. The normalized spacial score (nSPS) is 10.5. The molecule has 1 aromatic heterocycles. The summed E-state index contributed by atoms with van der Waals surface area (Å²) in [4.78, 5) is 16.6. The number of aryl methyl sites for hydroxylation is 1. The van der Waals surface area contributed by atoms with E-state index in [1.807, 2.05) is 55.5 Å². The van der Waals surface area contributed by atoms with Gasteiger partial charge in [0.2, 0.25) is 0 Å². The van der Waals surface area contributed by atoms with Crippen LogP contribution in [0.15, 0.2) is 72.8 Å². The number of hydrogen-bond acceptors (Lipinski definition) is 3. The molecule has 3 rings (SSSR count). The number of rotatable bonds is 6. The van der Waals surface area contributed by atoms with Gasteiger partial charge in [-0.05, 0) is 19.4 Å². The fraction of sp³-hybridized carbons (Fsp3) is 0.182. The third-order valence-corrected chi connectivity index (χ3v) is 4.18. The smallest absolute Gasteiger partial charge is 0.333 e. The molecule has 0 aliphatic heterocycles. The van der Waals surface area contributed by atoms with Gasteiger partial charge in [-0.2, -0.15) is 0 Å². The van der Waals surface area contributed by atoms with Crippen LogP contribution in [0.3, 0.4) is 0 Å². The zero-order chi connectivity index (χ0) is 18.5. The molecule has 4 nitrogen and oxygen atoms in total.